The van der Waals surface area contributed by atoms with Gasteiger partial charge in [-0.25, -0.2) is 4.98 Å². The van der Waals surface area contributed by atoms with Crippen LogP contribution in [-0.4, -0.2) is 22.0 Å². The normalized spacial score (nSPS) is 10.0. The Bertz CT molecular complexity index is 656. The monoisotopic (exact) mass is 271 g/mol. The third kappa shape index (κ3) is 3.32. The Morgan fingerprint density at radius 1 is 1.25 bits per heavy atom. The van der Waals surface area contributed by atoms with Crippen molar-refractivity contribution in [2.45, 2.75) is 6.42 Å². The number of hydrogen-bond acceptors (Lipinski definition) is 4. The van der Waals surface area contributed by atoms with Crippen molar-refractivity contribution in [3.63, 3.8) is 0 Å². The molecule has 0 aliphatic heterocycles. The summed E-state index contributed by atoms with van der Waals surface area (Å²) < 4.78 is 0. The maximum atomic E-state index is 12.0. The number of benzene rings is 1. The molecule has 1 aromatic heterocycles. The average Bonchev–Trinajstić information content (AvgIpc) is 2.38. The quantitative estimate of drug-likeness (QED) is 0.782. The van der Waals surface area contributed by atoms with Crippen molar-refractivity contribution in [1.82, 2.24) is 4.98 Å². The molecule has 0 aliphatic carbocycles. The summed E-state index contributed by atoms with van der Waals surface area (Å²) in [6.45, 7) is 0. The number of nitrogens with zero attached hydrogens (tertiary/aromatic N) is 1. The minimum atomic E-state index is -0.928. The number of aliphatic carboxylic acids is 1. The summed E-state index contributed by atoms with van der Waals surface area (Å²) in [5, 5.41) is 11.4. The first-order valence-corrected chi connectivity index (χ1v) is 5.89. The number of aromatic nitrogens is 1. The molecule has 0 radical (unpaired) electrons. The van der Waals surface area contributed by atoms with Crippen LogP contribution in [0.1, 0.15) is 16.1 Å². The number of pyridine rings is 1. The summed E-state index contributed by atoms with van der Waals surface area (Å²) >= 11 is 0. The smallest absolute Gasteiger partial charge is 0.307 e. The highest BCUT2D eigenvalue weighted by Crippen LogP contribution is 2.14. The van der Waals surface area contributed by atoms with Crippen LogP contribution in [0.2, 0.25) is 0 Å². The molecule has 1 heterocycles. The standard InChI is InChI=1S/C14H13N3O3/c15-11-5-2-6-16-13(11)14(20)17-10-4-1-3-9(7-10)8-12(18)19/h1-7H,8,15H2,(H,17,20)(H,18,19). The van der Waals surface area contributed by atoms with Crippen LogP contribution >= 0.6 is 0 Å². The lowest BCUT2D eigenvalue weighted by Crippen LogP contribution is -2.15. The van der Waals surface area contributed by atoms with Gasteiger partial charge in [0.2, 0.25) is 0 Å². The van der Waals surface area contributed by atoms with E-state index in [4.69, 9.17) is 10.8 Å². The van der Waals surface area contributed by atoms with Gasteiger partial charge in [-0.1, -0.05) is 12.1 Å². The lowest BCUT2D eigenvalue weighted by Gasteiger charge is -2.07. The number of carbonyl (C=O) groups excluding carboxylic acids is 1. The Morgan fingerprint density at radius 2 is 2.05 bits per heavy atom. The maximum Gasteiger partial charge on any atom is 0.307 e. The molecule has 2 rings (SSSR count). The zero-order valence-corrected chi connectivity index (χ0v) is 10.5. The van der Waals surface area contributed by atoms with Gasteiger partial charge in [0, 0.05) is 11.9 Å². The highest BCUT2D eigenvalue weighted by Gasteiger charge is 2.11. The van der Waals surface area contributed by atoms with Crippen molar-refractivity contribution >= 4 is 23.3 Å². The molecular weight excluding hydrogens is 258 g/mol. The molecule has 0 saturated carbocycles. The van der Waals surface area contributed by atoms with Crippen LogP contribution in [0.25, 0.3) is 0 Å². The highest BCUT2D eigenvalue weighted by atomic mass is 16.4. The molecule has 1 amide bonds. The number of carboxylic acids is 1. The Balaban J connectivity index is 2.16. The molecule has 0 fully saturated rings. The zero-order valence-electron chi connectivity index (χ0n) is 10.5. The minimum Gasteiger partial charge on any atom is -0.481 e. The van der Waals surface area contributed by atoms with Crippen LogP contribution in [-0.2, 0) is 11.2 Å². The van der Waals surface area contributed by atoms with E-state index in [1.807, 2.05) is 0 Å². The van der Waals surface area contributed by atoms with Crippen molar-refractivity contribution in [1.29, 1.82) is 0 Å². The fraction of sp³-hybridized carbons (Fsp3) is 0.0714. The van der Waals surface area contributed by atoms with Gasteiger partial charge in [-0.15, -0.1) is 0 Å². The number of hydrogen-bond donors (Lipinski definition) is 3. The molecule has 0 spiro atoms. The number of nitrogen functional groups attached to an aromatic ring is 1. The second-order valence-corrected chi connectivity index (χ2v) is 4.17. The van der Waals surface area contributed by atoms with Gasteiger partial charge < -0.3 is 16.2 Å². The molecule has 1 aromatic carbocycles. The first kappa shape index (κ1) is 13.5. The molecule has 0 aliphatic rings. The largest absolute Gasteiger partial charge is 0.481 e. The van der Waals surface area contributed by atoms with Crippen LogP contribution in [0.5, 0.6) is 0 Å². The predicted octanol–water partition coefficient (Wildman–Crippen LogP) is 1.54. The molecule has 0 bridgehead atoms. The fourth-order valence-corrected chi connectivity index (χ4v) is 1.73. The van der Waals surface area contributed by atoms with E-state index in [0.29, 0.717) is 11.3 Å². The summed E-state index contributed by atoms with van der Waals surface area (Å²) in [7, 11) is 0. The third-order valence-corrected chi connectivity index (χ3v) is 2.59. The van der Waals surface area contributed by atoms with Gasteiger partial charge in [0.05, 0.1) is 12.1 Å². The van der Waals surface area contributed by atoms with Crippen LogP contribution in [0.15, 0.2) is 42.6 Å². The number of carboxylic acid groups (broad SMARTS) is 1. The van der Waals surface area contributed by atoms with Crippen molar-refractivity contribution in [2.24, 2.45) is 0 Å². The fourth-order valence-electron chi connectivity index (χ4n) is 1.73. The summed E-state index contributed by atoms with van der Waals surface area (Å²) in [6, 6.07) is 9.85. The van der Waals surface area contributed by atoms with Crippen LogP contribution in [0.4, 0.5) is 11.4 Å². The van der Waals surface area contributed by atoms with Gasteiger partial charge in [-0.3, -0.25) is 9.59 Å². The predicted molar refractivity (Wildman–Crippen MR) is 74.4 cm³/mol. The van der Waals surface area contributed by atoms with E-state index < -0.39 is 11.9 Å². The molecule has 2 aromatic rings. The van der Waals surface area contributed by atoms with E-state index in [2.05, 4.69) is 10.3 Å². The van der Waals surface area contributed by atoms with Crippen molar-refractivity contribution in [3.05, 3.63) is 53.9 Å². The Hall–Kier alpha value is -2.89. The Kier molecular flexibility index (Phi) is 3.95. The van der Waals surface area contributed by atoms with Crippen LogP contribution in [0.3, 0.4) is 0 Å². The number of anilines is 2. The lowest BCUT2D eigenvalue weighted by molar-refractivity contribution is -0.136. The second kappa shape index (κ2) is 5.83. The van der Waals surface area contributed by atoms with E-state index in [9.17, 15) is 9.59 Å². The molecule has 4 N–H and O–H groups in total. The van der Waals surface area contributed by atoms with E-state index in [1.165, 1.54) is 6.20 Å². The van der Waals surface area contributed by atoms with Gasteiger partial charge >= 0.3 is 5.97 Å². The number of nitrogens with two attached hydrogens (primary N) is 1. The molecule has 102 valence electrons. The molecule has 0 saturated heterocycles. The van der Waals surface area contributed by atoms with Gasteiger partial charge in [0.1, 0.15) is 0 Å². The van der Waals surface area contributed by atoms with E-state index >= 15 is 0 Å². The summed E-state index contributed by atoms with van der Waals surface area (Å²) in [4.78, 5) is 26.6. The first-order valence-electron chi connectivity index (χ1n) is 5.89. The number of rotatable bonds is 4. The molecule has 6 nitrogen and oxygen atoms in total. The second-order valence-electron chi connectivity index (χ2n) is 4.17. The van der Waals surface area contributed by atoms with Crippen LogP contribution in [0, 0.1) is 0 Å². The molecule has 0 atom stereocenters. The summed E-state index contributed by atoms with van der Waals surface area (Å²) in [5.74, 6) is -1.36. The maximum absolute atomic E-state index is 12.0. The minimum absolute atomic E-state index is 0.102. The van der Waals surface area contributed by atoms with E-state index in [0.717, 1.165) is 0 Å². The zero-order chi connectivity index (χ0) is 14.5. The van der Waals surface area contributed by atoms with Crippen LogP contribution < -0.4 is 11.1 Å². The highest BCUT2D eigenvalue weighted by molar-refractivity contribution is 6.06. The van der Waals surface area contributed by atoms with Gasteiger partial charge in [0.25, 0.3) is 5.91 Å². The molecular formula is C14H13N3O3. The number of amides is 1. The molecule has 6 heteroatoms. The van der Waals surface area contributed by atoms with Crippen molar-refractivity contribution in [2.75, 3.05) is 11.1 Å². The Morgan fingerprint density at radius 3 is 2.75 bits per heavy atom. The average molecular weight is 271 g/mol. The number of nitrogens with one attached hydrogen (secondary N) is 1. The number of carbonyl (C=O) groups is 2. The van der Waals surface area contributed by atoms with Gasteiger partial charge in [0.15, 0.2) is 5.69 Å². The topological polar surface area (TPSA) is 105 Å². The lowest BCUT2D eigenvalue weighted by atomic mass is 10.1. The summed E-state index contributed by atoms with van der Waals surface area (Å²) in [5.41, 5.74) is 7.19. The SMILES string of the molecule is Nc1cccnc1C(=O)Nc1cccc(CC(=O)O)c1. The Labute approximate surface area is 115 Å². The van der Waals surface area contributed by atoms with Crippen molar-refractivity contribution in [3.8, 4) is 0 Å². The first-order chi connectivity index (χ1) is 9.56. The van der Waals surface area contributed by atoms with E-state index in [1.54, 1.807) is 36.4 Å². The van der Waals surface area contributed by atoms with Gasteiger partial charge in [-0.05, 0) is 29.8 Å². The molecule has 0 unspecified atom stereocenters. The van der Waals surface area contributed by atoms with E-state index in [-0.39, 0.29) is 17.8 Å². The summed E-state index contributed by atoms with van der Waals surface area (Å²) in [6.07, 6.45) is 1.38. The van der Waals surface area contributed by atoms with Crippen molar-refractivity contribution < 1.29 is 14.7 Å². The van der Waals surface area contributed by atoms with Gasteiger partial charge in [-0.2, -0.15) is 0 Å². The molecule has 20 heavy (non-hydrogen) atoms. The third-order valence-electron chi connectivity index (χ3n) is 2.59.